The van der Waals surface area contributed by atoms with E-state index in [0.29, 0.717) is 28.5 Å². The molecule has 21 heavy (non-hydrogen) atoms. The van der Waals surface area contributed by atoms with E-state index in [1.807, 2.05) is 13.0 Å². The van der Waals surface area contributed by atoms with Crippen LogP contribution in [-0.4, -0.2) is 16.0 Å². The van der Waals surface area contributed by atoms with Gasteiger partial charge < -0.3 is 14.6 Å². The van der Waals surface area contributed by atoms with Crippen molar-refractivity contribution in [3.63, 3.8) is 0 Å². The third kappa shape index (κ3) is 2.36. The van der Waals surface area contributed by atoms with Crippen molar-refractivity contribution in [1.82, 2.24) is 0 Å². The van der Waals surface area contributed by atoms with Crippen molar-refractivity contribution in [2.45, 2.75) is 13.3 Å². The molecule has 4 heteroatoms. The molecule has 1 aromatic heterocycles. The van der Waals surface area contributed by atoms with Crippen LogP contribution in [0.5, 0.6) is 11.5 Å². The molecule has 0 atom stereocenters. The minimum atomic E-state index is -0.257. The molecule has 106 valence electrons. The number of hydrogen-bond acceptors (Lipinski definition) is 4. The van der Waals surface area contributed by atoms with Gasteiger partial charge in [0.2, 0.25) is 0 Å². The van der Waals surface area contributed by atoms with Crippen molar-refractivity contribution in [3.8, 4) is 11.5 Å². The highest BCUT2D eigenvalue weighted by molar-refractivity contribution is 6.15. The fraction of sp³-hybridized carbons (Fsp3) is 0.118. The van der Waals surface area contributed by atoms with Crippen molar-refractivity contribution in [1.29, 1.82) is 0 Å². The van der Waals surface area contributed by atoms with E-state index in [4.69, 9.17) is 4.42 Å². The lowest BCUT2D eigenvalue weighted by Gasteiger charge is -2.04. The smallest absolute Gasteiger partial charge is 0.196 e. The second-order valence-corrected chi connectivity index (χ2v) is 4.85. The quantitative estimate of drug-likeness (QED) is 0.719. The number of carbonyl (C=O) groups excluding carboxylic acids is 1. The summed E-state index contributed by atoms with van der Waals surface area (Å²) in [5, 5.41) is 19.8. The van der Waals surface area contributed by atoms with Crippen LogP contribution in [0, 0.1) is 0 Å². The molecule has 0 amide bonds. The van der Waals surface area contributed by atoms with E-state index in [9.17, 15) is 15.0 Å². The lowest BCUT2D eigenvalue weighted by molar-refractivity contribution is 0.103. The van der Waals surface area contributed by atoms with Crippen molar-refractivity contribution in [2.75, 3.05) is 0 Å². The second-order valence-electron chi connectivity index (χ2n) is 4.85. The fourth-order valence-corrected chi connectivity index (χ4v) is 2.30. The molecule has 0 unspecified atom stereocenters. The van der Waals surface area contributed by atoms with Crippen LogP contribution in [0.1, 0.15) is 28.6 Å². The Labute approximate surface area is 121 Å². The monoisotopic (exact) mass is 282 g/mol. The van der Waals surface area contributed by atoms with Crippen LogP contribution in [0.3, 0.4) is 0 Å². The molecule has 0 spiro atoms. The van der Waals surface area contributed by atoms with Gasteiger partial charge >= 0.3 is 0 Å². The number of ketones is 1. The van der Waals surface area contributed by atoms with E-state index < -0.39 is 0 Å². The first-order chi connectivity index (χ1) is 10.1. The first-order valence-electron chi connectivity index (χ1n) is 6.67. The van der Waals surface area contributed by atoms with E-state index in [-0.39, 0.29) is 17.3 Å². The van der Waals surface area contributed by atoms with Crippen LogP contribution in [0.4, 0.5) is 0 Å². The van der Waals surface area contributed by atoms with Gasteiger partial charge in [0.1, 0.15) is 22.8 Å². The molecule has 2 aromatic carbocycles. The van der Waals surface area contributed by atoms with E-state index in [2.05, 4.69) is 0 Å². The normalized spacial score (nSPS) is 10.9. The van der Waals surface area contributed by atoms with Gasteiger partial charge in [-0.2, -0.15) is 0 Å². The Morgan fingerprint density at radius 2 is 1.76 bits per heavy atom. The minimum Gasteiger partial charge on any atom is -0.508 e. The van der Waals surface area contributed by atoms with Gasteiger partial charge in [-0.05, 0) is 42.5 Å². The highest BCUT2D eigenvalue weighted by Crippen LogP contribution is 2.30. The van der Waals surface area contributed by atoms with E-state index in [1.165, 1.54) is 30.3 Å². The lowest BCUT2D eigenvalue weighted by atomic mass is 10.0. The van der Waals surface area contributed by atoms with Crippen LogP contribution in [0.2, 0.25) is 0 Å². The van der Waals surface area contributed by atoms with Crippen molar-refractivity contribution >= 4 is 16.8 Å². The summed E-state index contributed by atoms with van der Waals surface area (Å²) < 4.78 is 5.69. The molecule has 3 rings (SSSR count). The third-order valence-electron chi connectivity index (χ3n) is 3.37. The molecule has 3 aromatic rings. The molecule has 0 saturated heterocycles. The molecule has 1 heterocycles. The predicted molar refractivity (Wildman–Crippen MR) is 78.8 cm³/mol. The zero-order valence-electron chi connectivity index (χ0n) is 11.5. The van der Waals surface area contributed by atoms with Gasteiger partial charge in [-0.3, -0.25) is 4.79 Å². The number of rotatable bonds is 3. The Morgan fingerprint density at radius 3 is 2.43 bits per heavy atom. The summed E-state index contributed by atoms with van der Waals surface area (Å²) >= 11 is 0. The maximum atomic E-state index is 12.6. The molecule has 4 nitrogen and oxygen atoms in total. The van der Waals surface area contributed by atoms with Gasteiger partial charge in [-0.15, -0.1) is 0 Å². The molecule has 2 N–H and O–H groups in total. The number of benzene rings is 2. The number of aromatic hydroxyl groups is 2. The number of hydrogen-bond donors (Lipinski definition) is 2. The largest absolute Gasteiger partial charge is 0.508 e. The summed E-state index contributed by atoms with van der Waals surface area (Å²) in [6.45, 7) is 1.96. The topological polar surface area (TPSA) is 70.7 Å². The van der Waals surface area contributed by atoms with Crippen LogP contribution in [-0.2, 0) is 6.42 Å². The molecule has 0 bridgehead atoms. The first kappa shape index (κ1) is 13.2. The van der Waals surface area contributed by atoms with E-state index in [1.54, 1.807) is 6.07 Å². The molecular weight excluding hydrogens is 268 g/mol. The number of phenolic OH excluding ortho intramolecular Hbond substituents is 2. The van der Waals surface area contributed by atoms with Gasteiger partial charge in [0.25, 0.3) is 0 Å². The minimum absolute atomic E-state index is 0.0214. The predicted octanol–water partition coefficient (Wildman–Crippen LogP) is 3.64. The summed E-state index contributed by atoms with van der Waals surface area (Å²) in [7, 11) is 0. The van der Waals surface area contributed by atoms with Gasteiger partial charge in [0.05, 0.1) is 5.56 Å². The molecule has 0 radical (unpaired) electrons. The number of phenols is 2. The molecule has 0 fully saturated rings. The van der Waals surface area contributed by atoms with Crippen LogP contribution in [0.15, 0.2) is 46.9 Å². The van der Waals surface area contributed by atoms with E-state index in [0.717, 1.165) is 5.76 Å². The first-order valence-corrected chi connectivity index (χ1v) is 6.67. The number of fused-ring (bicyclic) bond motifs is 1. The Balaban J connectivity index is 2.16. The van der Waals surface area contributed by atoms with E-state index >= 15 is 0 Å². The second kappa shape index (κ2) is 4.98. The average Bonchev–Trinajstić information content (AvgIpc) is 2.89. The Kier molecular flexibility index (Phi) is 3.14. The molecule has 0 aliphatic heterocycles. The number of aryl methyl sites for hydroxylation is 1. The van der Waals surface area contributed by atoms with Crippen molar-refractivity contribution in [2.24, 2.45) is 0 Å². The maximum absolute atomic E-state index is 12.6. The maximum Gasteiger partial charge on any atom is 0.196 e. The van der Waals surface area contributed by atoms with Gasteiger partial charge in [0, 0.05) is 17.4 Å². The van der Waals surface area contributed by atoms with Crippen LogP contribution >= 0.6 is 0 Å². The average molecular weight is 282 g/mol. The fourth-order valence-electron chi connectivity index (χ4n) is 2.30. The number of carbonyl (C=O) groups is 1. The van der Waals surface area contributed by atoms with Gasteiger partial charge in [0.15, 0.2) is 5.78 Å². The van der Waals surface area contributed by atoms with Gasteiger partial charge in [-0.25, -0.2) is 0 Å². The zero-order chi connectivity index (χ0) is 15.0. The highest BCUT2D eigenvalue weighted by atomic mass is 16.3. The summed E-state index contributed by atoms with van der Waals surface area (Å²) in [6, 6.07) is 10.8. The summed E-state index contributed by atoms with van der Waals surface area (Å²) in [5.41, 5.74) is 1.22. The van der Waals surface area contributed by atoms with Crippen molar-refractivity contribution in [3.05, 3.63) is 59.4 Å². The van der Waals surface area contributed by atoms with Gasteiger partial charge in [-0.1, -0.05) is 6.92 Å². The third-order valence-corrected chi connectivity index (χ3v) is 3.37. The van der Waals surface area contributed by atoms with Crippen LogP contribution < -0.4 is 0 Å². The summed E-state index contributed by atoms with van der Waals surface area (Å²) in [6.07, 6.45) is 0.711. The summed E-state index contributed by atoms with van der Waals surface area (Å²) in [5.74, 6) is 0.621. The Hall–Kier alpha value is -2.75. The lowest BCUT2D eigenvalue weighted by Crippen LogP contribution is -2.01. The Morgan fingerprint density at radius 1 is 1.05 bits per heavy atom. The Bertz CT molecular complexity index is 813. The SMILES string of the molecule is CCc1cc2cc(O)cc(C(=O)c3ccc(O)cc3)c2o1. The molecule has 0 aliphatic rings. The molecule has 0 saturated carbocycles. The molecule has 0 aliphatic carbocycles. The standard InChI is InChI=1S/C17H14O4/c1-2-14-8-11-7-13(19)9-15(17(11)21-14)16(20)10-3-5-12(18)6-4-10/h3-9,18-19H,2H2,1H3. The zero-order valence-corrected chi connectivity index (χ0v) is 11.5. The number of furan rings is 1. The summed E-state index contributed by atoms with van der Waals surface area (Å²) in [4.78, 5) is 12.6. The molecular formula is C17H14O4. The van der Waals surface area contributed by atoms with Crippen LogP contribution in [0.25, 0.3) is 11.0 Å². The highest BCUT2D eigenvalue weighted by Gasteiger charge is 2.17. The van der Waals surface area contributed by atoms with Crippen molar-refractivity contribution < 1.29 is 19.4 Å².